The topological polar surface area (TPSA) is 143 Å². The summed E-state index contributed by atoms with van der Waals surface area (Å²) in [6.45, 7) is 5.43. The SMILES string of the molecule is CC(C)Cn1cc(-c2cnc(C(=O)Nc3ccc(C(=O)N4CCN(C(=O)NC5CC(N)C5)CC4)c(Cl)c3)n2C)c(C(F)(F)F)n1.Cl. The number of nitrogens with zero attached hydrogens (tertiary/aromatic N) is 6. The lowest BCUT2D eigenvalue weighted by Crippen LogP contribution is -2.57. The molecule has 5 rings (SSSR count). The molecule has 1 saturated carbocycles. The summed E-state index contributed by atoms with van der Waals surface area (Å²) in [4.78, 5) is 46.1. The van der Waals surface area contributed by atoms with Gasteiger partial charge in [-0.3, -0.25) is 14.3 Å². The smallest absolute Gasteiger partial charge is 0.335 e. The van der Waals surface area contributed by atoms with E-state index in [1.54, 1.807) is 9.80 Å². The number of amides is 4. The number of piperazine rings is 1. The summed E-state index contributed by atoms with van der Waals surface area (Å²) >= 11 is 6.44. The van der Waals surface area contributed by atoms with E-state index in [0.717, 1.165) is 12.8 Å². The number of carbonyl (C=O) groups is 3. The first-order valence-corrected chi connectivity index (χ1v) is 15.0. The Kier molecular flexibility index (Phi) is 10.6. The van der Waals surface area contributed by atoms with Gasteiger partial charge in [-0.2, -0.15) is 18.3 Å². The monoisotopic (exact) mass is 685 g/mol. The molecule has 1 aliphatic heterocycles. The van der Waals surface area contributed by atoms with Crippen LogP contribution < -0.4 is 16.4 Å². The first kappa shape index (κ1) is 35.0. The molecule has 46 heavy (non-hydrogen) atoms. The van der Waals surface area contributed by atoms with Gasteiger partial charge >= 0.3 is 12.2 Å². The van der Waals surface area contributed by atoms with Gasteiger partial charge in [0.2, 0.25) is 0 Å². The van der Waals surface area contributed by atoms with Crippen LogP contribution in [-0.4, -0.2) is 85.2 Å². The number of hydrogen-bond acceptors (Lipinski definition) is 6. The molecule has 2 fully saturated rings. The van der Waals surface area contributed by atoms with Gasteiger partial charge < -0.3 is 30.7 Å². The molecule has 0 bridgehead atoms. The zero-order valence-electron chi connectivity index (χ0n) is 25.5. The number of rotatable bonds is 7. The number of benzene rings is 1. The quantitative estimate of drug-likeness (QED) is 0.340. The highest BCUT2D eigenvalue weighted by atomic mass is 35.5. The number of urea groups is 1. The second-order valence-electron chi connectivity index (χ2n) is 11.8. The molecule has 1 saturated heterocycles. The number of imidazole rings is 1. The summed E-state index contributed by atoms with van der Waals surface area (Å²) in [5.74, 6) is -1.05. The van der Waals surface area contributed by atoms with Crippen molar-refractivity contribution in [3.63, 3.8) is 0 Å². The summed E-state index contributed by atoms with van der Waals surface area (Å²) in [5, 5.41) is 9.44. The number of hydrogen-bond donors (Lipinski definition) is 3. The van der Waals surface area contributed by atoms with Crippen LogP contribution in [0.1, 0.15) is 53.4 Å². The van der Waals surface area contributed by atoms with E-state index in [-0.39, 0.29) is 82.2 Å². The second-order valence-corrected chi connectivity index (χ2v) is 12.2. The number of carbonyl (C=O) groups excluding carboxylic acids is 3. The number of halogens is 5. The molecule has 0 atom stereocenters. The fraction of sp³-hybridized carbons (Fsp3) is 0.483. The van der Waals surface area contributed by atoms with Crippen LogP contribution in [0.5, 0.6) is 0 Å². The van der Waals surface area contributed by atoms with Crippen molar-refractivity contribution < 1.29 is 27.6 Å². The maximum absolute atomic E-state index is 13.8. The van der Waals surface area contributed by atoms with Crippen LogP contribution in [0.4, 0.5) is 23.7 Å². The number of aromatic nitrogens is 4. The summed E-state index contributed by atoms with van der Waals surface area (Å²) in [7, 11) is 1.44. The van der Waals surface area contributed by atoms with Crippen molar-refractivity contribution in [2.24, 2.45) is 18.7 Å². The van der Waals surface area contributed by atoms with Crippen molar-refractivity contribution in [2.75, 3.05) is 31.5 Å². The highest BCUT2D eigenvalue weighted by Gasteiger charge is 2.39. The van der Waals surface area contributed by atoms with E-state index in [4.69, 9.17) is 17.3 Å². The van der Waals surface area contributed by atoms with Gasteiger partial charge in [0.05, 0.1) is 28.0 Å². The van der Waals surface area contributed by atoms with Gasteiger partial charge in [-0.1, -0.05) is 25.4 Å². The highest BCUT2D eigenvalue weighted by Crippen LogP contribution is 2.36. The lowest BCUT2D eigenvalue weighted by atomic mass is 9.88. The van der Waals surface area contributed by atoms with E-state index in [2.05, 4.69) is 20.7 Å². The Bertz CT molecular complexity index is 1590. The molecule has 17 heteroatoms. The standard InChI is InChI=1S/C29H35ClF3N9O3.ClH/c1-16(2)14-42-15-21(24(38-42)29(31,32)33)23-13-35-25(39(23)3)26(43)36-18-4-5-20(22(30)12-18)27(44)40-6-8-41(9-7-40)28(45)37-19-10-17(34)11-19;/h4-5,12-13,15-17,19H,6-11,14,34H2,1-3H3,(H,36,43)(H,37,45);1H. The minimum absolute atomic E-state index is 0. The maximum atomic E-state index is 13.8. The van der Waals surface area contributed by atoms with Crippen LogP contribution in [0.2, 0.25) is 5.02 Å². The van der Waals surface area contributed by atoms with Crippen LogP contribution in [0.15, 0.2) is 30.6 Å². The first-order valence-electron chi connectivity index (χ1n) is 14.6. The fourth-order valence-corrected chi connectivity index (χ4v) is 5.70. The zero-order chi connectivity index (χ0) is 32.6. The van der Waals surface area contributed by atoms with Crippen molar-refractivity contribution in [2.45, 2.75) is 51.5 Å². The van der Waals surface area contributed by atoms with Crippen LogP contribution in [-0.2, 0) is 19.8 Å². The largest absolute Gasteiger partial charge is 0.435 e. The van der Waals surface area contributed by atoms with Crippen molar-refractivity contribution in [1.82, 2.24) is 34.4 Å². The molecule has 4 N–H and O–H groups in total. The normalized spacial score (nSPS) is 18.2. The lowest BCUT2D eigenvalue weighted by Gasteiger charge is -2.38. The van der Waals surface area contributed by atoms with E-state index < -0.39 is 17.8 Å². The number of nitrogens with two attached hydrogens (primary N) is 1. The third-order valence-corrected chi connectivity index (χ3v) is 8.18. The minimum Gasteiger partial charge on any atom is -0.335 e. The molecule has 2 aliphatic rings. The van der Waals surface area contributed by atoms with Crippen molar-refractivity contribution in [3.05, 3.63) is 52.7 Å². The van der Waals surface area contributed by atoms with Gasteiger partial charge in [0.25, 0.3) is 11.8 Å². The molecule has 0 unspecified atom stereocenters. The molecule has 1 aliphatic carbocycles. The maximum Gasteiger partial charge on any atom is 0.435 e. The predicted molar refractivity (Wildman–Crippen MR) is 168 cm³/mol. The Morgan fingerprint density at radius 3 is 2.35 bits per heavy atom. The molecule has 250 valence electrons. The molecule has 12 nitrogen and oxygen atoms in total. The summed E-state index contributed by atoms with van der Waals surface area (Å²) in [6.07, 6.45) is -0.683. The van der Waals surface area contributed by atoms with Crippen molar-refractivity contribution in [3.8, 4) is 11.3 Å². The lowest BCUT2D eigenvalue weighted by molar-refractivity contribution is -0.141. The zero-order valence-corrected chi connectivity index (χ0v) is 27.0. The summed E-state index contributed by atoms with van der Waals surface area (Å²) in [5.41, 5.74) is 5.10. The number of anilines is 1. The highest BCUT2D eigenvalue weighted by molar-refractivity contribution is 6.34. The Hall–Kier alpha value is -3.82. The Labute approximate surface area is 274 Å². The molecule has 3 aromatic rings. The third kappa shape index (κ3) is 7.58. The molecular weight excluding hydrogens is 650 g/mol. The van der Waals surface area contributed by atoms with Gasteiger partial charge in [0, 0.05) is 63.7 Å². The molecule has 3 heterocycles. The molecule has 4 amide bonds. The number of alkyl halides is 3. The Morgan fingerprint density at radius 2 is 1.76 bits per heavy atom. The molecular formula is C29H36Cl2F3N9O3. The van der Waals surface area contributed by atoms with E-state index in [1.165, 1.54) is 46.9 Å². The van der Waals surface area contributed by atoms with Crippen molar-refractivity contribution >= 4 is 47.5 Å². The van der Waals surface area contributed by atoms with E-state index in [0.29, 0.717) is 26.2 Å². The minimum atomic E-state index is -4.70. The third-order valence-electron chi connectivity index (χ3n) is 7.86. The molecule has 1 aromatic carbocycles. The van der Waals surface area contributed by atoms with Crippen LogP contribution in [0.3, 0.4) is 0 Å². The van der Waals surface area contributed by atoms with Crippen LogP contribution >= 0.6 is 24.0 Å². The fourth-order valence-electron chi connectivity index (χ4n) is 5.44. The molecule has 0 spiro atoms. The molecule has 2 aromatic heterocycles. The Morgan fingerprint density at radius 1 is 1.11 bits per heavy atom. The van der Waals surface area contributed by atoms with Gasteiger partial charge in [-0.15, -0.1) is 12.4 Å². The predicted octanol–water partition coefficient (Wildman–Crippen LogP) is 4.24. The van der Waals surface area contributed by atoms with Gasteiger partial charge in [0.15, 0.2) is 11.5 Å². The second kappa shape index (κ2) is 13.9. The van der Waals surface area contributed by atoms with Crippen molar-refractivity contribution in [1.29, 1.82) is 0 Å². The Balaban J connectivity index is 0.00000480. The summed E-state index contributed by atoms with van der Waals surface area (Å²) < 4.78 is 43.9. The first-order chi connectivity index (χ1) is 21.2. The van der Waals surface area contributed by atoms with Crippen LogP contribution in [0, 0.1) is 5.92 Å². The van der Waals surface area contributed by atoms with Crippen LogP contribution in [0.25, 0.3) is 11.3 Å². The van der Waals surface area contributed by atoms with Gasteiger partial charge in [-0.25, -0.2) is 9.78 Å². The molecule has 0 radical (unpaired) electrons. The number of nitrogens with one attached hydrogen (secondary N) is 2. The average molecular weight is 687 g/mol. The van der Waals surface area contributed by atoms with E-state index >= 15 is 0 Å². The van der Waals surface area contributed by atoms with Gasteiger partial charge in [-0.05, 0) is 37.0 Å². The van der Waals surface area contributed by atoms with E-state index in [1.807, 2.05) is 13.8 Å². The average Bonchev–Trinajstić information content (AvgIpc) is 3.54. The van der Waals surface area contributed by atoms with E-state index in [9.17, 15) is 27.6 Å². The van der Waals surface area contributed by atoms with Gasteiger partial charge in [0.1, 0.15) is 0 Å². The summed E-state index contributed by atoms with van der Waals surface area (Å²) in [6, 6.07) is 4.46.